The molecular weight excluding hydrogens is 314 g/mol. The molecule has 0 aliphatic heterocycles. The van der Waals surface area contributed by atoms with Crippen LogP contribution in [-0.4, -0.2) is 37.2 Å². The molecule has 0 saturated heterocycles. The van der Waals surface area contributed by atoms with Gasteiger partial charge in [-0.15, -0.1) is 10.2 Å². The summed E-state index contributed by atoms with van der Waals surface area (Å²) >= 11 is 0. The van der Waals surface area contributed by atoms with Crippen LogP contribution >= 0.6 is 0 Å². The molecule has 0 amide bonds. The highest BCUT2D eigenvalue weighted by Gasteiger charge is 2.20. The lowest BCUT2D eigenvalue weighted by atomic mass is 10.1. The molecule has 4 rings (SSSR count). The molecule has 1 aliphatic carbocycles. The van der Waals surface area contributed by atoms with Crippen molar-refractivity contribution in [1.82, 2.24) is 24.1 Å². The summed E-state index contributed by atoms with van der Waals surface area (Å²) < 4.78 is 3.62. The number of fused-ring (bicyclic) bond motifs is 3. The standard InChI is InChI=1S/C19H25N5O/c1-22(14-9-5-3-4-6-10-14)13-17-20-21-19-23(2)18(25)15-11-7-8-12-16(15)24(17)19/h7-8,11-12,14H,3-6,9-10,13H2,1-2H3. The minimum absolute atomic E-state index is 0.0285. The molecular formula is C19H25N5O. The van der Waals surface area contributed by atoms with Gasteiger partial charge in [-0.2, -0.15) is 0 Å². The predicted octanol–water partition coefficient (Wildman–Crippen LogP) is 2.74. The highest BCUT2D eigenvalue weighted by molar-refractivity contribution is 5.80. The molecule has 6 heteroatoms. The Morgan fingerprint density at radius 2 is 1.84 bits per heavy atom. The van der Waals surface area contributed by atoms with Gasteiger partial charge in [-0.25, -0.2) is 0 Å². The average molecular weight is 339 g/mol. The molecule has 25 heavy (non-hydrogen) atoms. The summed E-state index contributed by atoms with van der Waals surface area (Å²) in [7, 11) is 3.94. The van der Waals surface area contributed by atoms with Crippen molar-refractivity contribution in [3.8, 4) is 0 Å². The van der Waals surface area contributed by atoms with Crippen LogP contribution in [0, 0.1) is 0 Å². The summed E-state index contributed by atoms with van der Waals surface area (Å²) in [5.74, 6) is 1.50. The molecule has 132 valence electrons. The number of benzene rings is 1. The van der Waals surface area contributed by atoms with Crippen LogP contribution in [0.1, 0.15) is 44.3 Å². The van der Waals surface area contributed by atoms with E-state index >= 15 is 0 Å². The lowest BCUT2D eigenvalue weighted by Gasteiger charge is -2.26. The number of hydrogen-bond donors (Lipinski definition) is 0. The molecule has 2 heterocycles. The third kappa shape index (κ3) is 2.84. The Morgan fingerprint density at radius 1 is 1.12 bits per heavy atom. The molecule has 3 aromatic rings. The van der Waals surface area contributed by atoms with Crippen LogP contribution in [0.15, 0.2) is 29.1 Å². The van der Waals surface area contributed by atoms with E-state index in [9.17, 15) is 4.79 Å². The Bertz CT molecular complexity index is 949. The van der Waals surface area contributed by atoms with Crippen LogP contribution in [-0.2, 0) is 13.6 Å². The predicted molar refractivity (Wildman–Crippen MR) is 98.7 cm³/mol. The number of aromatic nitrogens is 4. The maximum Gasteiger partial charge on any atom is 0.262 e. The molecule has 0 atom stereocenters. The van der Waals surface area contributed by atoms with Gasteiger partial charge < -0.3 is 0 Å². The molecule has 1 saturated carbocycles. The van der Waals surface area contributed by atoms with E-state index in [0.717, 1.165) is 17.9 Å². The van der Waals surface area contributed by atoms with E-state index in [1.807, 2.05) is 28.7 Å². The topological polar surface area (TPSA) is 55.4 Å². The molecule has 0 spiro atoms. The lowest BCUT2D eigenvalue weighted by molar-refractivity contribution is 0.208. The Balaban J connectivity index is 1.76. The van der Waals surface area contributed by atoms with Crippen molar-refractivity contribution in [3.05, 3.63) is 40.4 Å². The third-order valence-electron chi connectivity index (χ3n) is 5.53. The summed E-state index contributed by atoms with van der Waals surface area (Å²) in [5, 5.41) is 9.42. The van der Waals surface area contributed by atoms with Crippen molar-refractivity contribution < 1.29 is 0 Å². The normalized spacial score (nSPS) is 16.8. The highest BCUT2D eigenvalue weighted by Crippen LogP contribution is 2.22. The van der Waals surface area contributed by atoms with Crippen molar-refractivity contribution in [2.24, 2.45) is 7.05 Å². The first-order valence-electron chi connectivity index (χ1n) is 9.19. The number of rotatable bonds is 3. The third-order valence-corrected chi connectivity index (χ3v) is 5.53. The van der Waals surface area contributed by atoms with Gasteiger partial charge >= 0.3 is 0 Å². The van der Waals surface area contributed by atoms with Crippen molar-refractivity contribution in [1.29, 1.82) is 0 Å². The number of aryl methyl sites for hydroxylation is 1. The highest BCUT2D eigenvalue weighted by atomic mass is 16.1. The monoisotopic (exact) mass is 339 g/mol. The van der Waals surface area contributed by atoms with Gasteiger partial charge in [-0.3, -0.25) is 18.7 Å². The molecule has 1 fully saturated rings. The van der Waals surface area contributed by atoms with Crippen LogP contribution in [0.2, 0.25) is 0 Å². The summed E-state index contributed by atoms with van der Waals surface area (Å²) in [4.78, 5) is 14.9. The number of nitrogens with zero attached hydrogens (tertiary/aromatic N) is 5. The van der Waals surface area contributed by atoms with Crippen LogP contribution < -0.4 is 5.56 Å². The molecule has 0 unspecified atom stereocenters. The van der Waals surface area contributed by atoms with Crippen LogP contribution in [0.5, 0.6) is 0 Å². The van der Waals surface area contributed by atoms with Gasteiger partial charge in [0.1, 0.15) is 0 Å². The fourth-order valence-electron chi connectivity index (χ4n) is 4.05. The van der Waals surface area contributed by atoms with Crippen molar-refractivity contribution in [3.63, 3.8) is 0 Å². The van der Waals surface area contributed by atoms with E-state index in [0.29, 0.717) is 17.2 Å². The van der Waals surface area contributed by atoms with Gasteiger partial charge in [-0.05, 0) is 32.0 Å². The summed E-state index contributed by atoms with van der Waals surface area (Å²) in [6.07, 6.45) is 7.84. The molecule has 0 radical (unpaired) electrons. The molecule has 1 aliphatic rings. The Morgan fingerprint density at radius 3 is 2.60 bits per heavy atom. The molecule has 6 nitrogen and oxygen atoms in total. The average Bonchev–Trinajstić information content (AvgIpc) is 2.86. The Hall–Kier alpha value is -2.21. The first kappa shape index (κ1) is 16.3. The Kier molecular flexibility index (Phi) is 4.29. The van der Waals surface area contributed by atoms with E-state index in [1.54, 1.807) is 11.6 Å². The van der Waals surface area contributed by atoms with Gasteiger partial charge in [0.05, 0.1) is 17.4 Å². The molecule has 0 bridgehead atoms. The molecule has 2 aromatic heterocycles. The second kappa shape index (κ2) is 6.59. The van der Waals surface area contributed by atoms with E-state index in [2.05, 4.69) is 22.1 Å². The van der Waals surface area contributed by atoms with Crippen molar-refractivity contribution in [2.75, 3.05) is 7.05 Å². The minimum atomic E-state index is -0.0285. The summed E-state index contributed by atoms with van der Waals surface area (Å²) in [6, 6.07) is 8.31. The summed E-state index contributed by atoms with van der Waals surface area (Å²) in [6.45, 7) is 0.744. The number of hydrogen-bond acceptors (Lipinski definition) is 4. The SMILES string of the molecule is CN(Cc1nnc2n(C)c(=O)c3ccccc3n12)C1CCCCCC1. The van der Waals surface area contributed by atoms with Crippen molar-refractivity contribution in [2.45, 2.75) is 51.1 Å². The van der Waals surface area contributed by atoms with Crippen LogP contribution in [0.4, 0.5) is 0 Å². The quantitative estimate of drug-likeness (QED) is 0.689. The minimum Gasteiger partial charge on any atom is -0.296 e. The van der Waals surface area contributed by atoms with Crippen LogP contribution in [0.25, 0.3) is 16.7 Å². The first-order valence-corrected chi connectivity index (χ1v) is 9.19. The van der Waals surface area contributed by atoms with Gasteiger partial charge in [-0.1, -0.05) is 37.8 Å². The van der Waals surface area contributed by atoms with E-state index in [1.165, 1.54) is 38.5 Å². The fourth-order valence-corrected chi connectivity index (χ4v) is 4.05. The van der Waals surface area contributed by atoms with E-state index in [4.69, 9.17) is 0 Å². The van der Waals surface area contributed by atoms with Crippen molar-refractivity contribution >= 4 is 16.7 Å². The smallest absolute Gasteiger partial charge is 0.262 e. The molecule has 1 aromatic carbocycles. The zero-order valence-corrected chi connectivity index (χ0v) is 15.0. The van der Waals surface area contributed by atoms with Gasteiger partial charge in [0.2, 0.25) is 5.78 Å². The van der Waals surface area contributed by atoms with E-state index < -0.39 is 0 Å². The van der Waals surface area contributed by atoms with Crippen LogP contribution in [0.3, 0.4) is 0 Å². The lowest BCUT2D eigenvalue weighted by Crippen LogP contribution is -2.31. The fraction of sp³-hybridized carbons (Fsp3) is 0.526. The first-order chi connectivity index (χ1) is 12.2. The van der Waals surface area contributed by atoms with Gasteiger partial charge in [0.25, 0.3) is 5.56 Å². The largest absolute Gasteiger partial charge is 0.296 e. The number of para-hydroxylation sites is 1. The zero-order valence-electron chi connectivity index (χ0n) is 15.0. The van der Waals surface area contributed by atoms with Gasteiger partial charge in [0, 0.05) is 13.1 Å². The Labute approximate surface area is 147 Å². The second-order valence-electron chi connectivity index (χ2n) is 7.19. The van der Waals surface area contributed by atoms with E-state index in [-0.39, 0.29) is 5.56 Å². The summed E-state index contributed by atoms with van der Waals surface area (Å²) in [5.41, 5.74) is 0.856. The molecule has 0 N–H and O–H groups in total. The zero-order chi connectivity index (χ0) is 17.4. The maximum atomic E-state index is 12.5. The maximum absolute atomic E-state index is 12.5. The second-order valence-corrected chi connectivity index (χ2v) is 7.19. The van der Waals surface area contributed by atoms with Gasteiger partial charge in [0.15, 0.2) is 5.82 Å².